The van der Waals surface area contributed by atoms with Gasteiger partial charge in [-0.3, -0.25) is 0 Å². The van der Waals surface area contributed by atoms with Crippen LogP contribution >= 0.6 is 12.2 Å². The quantitative estimate of drug-likeness (QED) is 0.825. The van der Waals surface area contributed by atoms with E-state index in [4.69, 9.17) is 22.7 Å². The van der Waals surface area contributed by atoms with Crippen molar-refractivity contribution in [2.45, 2.75) is 13.3 Å². The molecule has 1 aromatic carbocycles. The Kier molecular flexibility index (Phi) is 3.88. The molecule has 0 aliphatic carbocycles. The number of ether oxygens (including phenoxy) is 1. The van der Waals surface area contributed by atoms with Crippen molar-refractivity contribution in [2.24, 2.45) is 0 Å². The molecule has 0 saturated carbocycles. The third-order valence-corrected chi connectivity index (χ3v) is 2.50. The zero-order valence-electron chi connectivity index (χ0n) is 10.0. The SMILES string of the molecule is Cc1cccc(OCCc2nc(=S)nc(N)[nH]2)c1. The van der Waals surface area contributed by atoms with Crippen LogP contribution in [0, 0.1) is 11.7 Å². The maximum Gasteiger partial charge on any atom is 0.224 e. The largest absolute Gasteiger partial charge is 0.493 e. The molecule has 0 saturated heterocycles. The van der Waals surface area contributed by atoms with Gasteiger partial charge in [0, 0.05) is 6.42 Å². The normalized spacial score (nSPS) is 10.3. The highest BCUT2D eigenvalue weighted by molar-refractivity contribution is 7.71. The van der Waals surface area contributed by atoms with Gasteiger partial charge in [-0.2, -0.15) is 4.98 Å². The number of benzene rings is 1. The van der Waals surface area contributed by atoms with E-state index in [2.05, 4.69) is 15.0 Å². The lowest BCUT2D eigenvalue weighted by atomic mass is 10.2. The summed E-state index contributed by atoms with van der Waals surface area (Å²) in [6, 6.07) is 7.89. The van der Waals surface area contributed by atoms with Gasteiger partial charge in [0.25, 0.3) is 0 Å². The van der Waals surface area contributed by atoms with E-state index < -0.39 is 0 Å². The summed E-state index contributed by atoms with van der Waals surface area (Å²) in [6.07, 6.45) is 0.601. The predicted molar refractivity (Wildman–Crippen MR) is 72.0 cm³/mol. The van der Waals surface area contributed by atoms with E-state index in [1.54, 1.807) is 0 Å². The van der Waals surface area contributed by atoms with Gasteiger partial charge in [0.1, 0.15) is 11.6 Å². The number of hydrogen-bond donors (Lipinski definition) is 2. The van der Waals surface area contributed by atoms with Gasteiger partial charge in [-0.05, 0) is 36.8 Å². The Morgan fingerprint density at radius 1 is 1.39 bits per heavy atom. The second-order valence-corrected chi connectivity index (χ2v) is 4.24. The van der Waals surface area contributed by atoms with Gasteiger partial charge in [-0.25, -0.2) is 4.98 Å². The van der Waals surface area contributed by atoms with Crippen molar-refractivity contribution in [1.29, 1.82) is 0 Å². The second-order valence-electron chi connectivity index (χ2n) is 3.88. The van der Waals surface area contributed by atoms with Crippen molar-refractivity contribution in [3.63, 3.8) is 0 Å². The molecule has 0 atom stereocenters. The summed E-state index contributed by atoms with van der Waals surface area (Å²) in [7, 11) is 0. The maximum atomic E-state index is 5.62. The van der Waals surface area contributed by atoms with Gasteiger partial charge in [0.15, 0.2) is 0 Å². The molecule has 1 heterocycles. The van der Waals surface area contributed by atoms with Crippen molar-refractivity contribution in [3.05, 3.63) is 40.4 Å². The van der Waals surface area contributed by atoms with Crippen LogP contribution < -0.4 is 10.5 Å². The zero-order chi connectivity index (χ0) is 13.0. The van der Waals surface area contributed by atoms with Gasteiger partial charge < -0.3 is 15.5 Å². The van der Waals surface area contributed by atoms with Crippen LogP contribution in [0.5, 0.6) is 5.75 Å². The number of nitrogens with two attached hydrogens (primary N) is 1. The smallest absolute Gasteiger partial charge is 0.224 e. The van der Waals surface area contributed by atoms with Crippen LogP contribution in [0.15, 0.2) is 24.3 Å². The molecular formula is C12H14N4OS. The molecule has 6 heteroatoms. The van der Waals surface area contributed by atoms with Crippen LogP contribution in [0.4, 0.5) is 5.95 Å². The van der Waals surface area contributed by atoms with Crippen LogP contribution in [-0.4, -0.2) is 21.6 Å². The second kappa shape index (κ2) is 5.59. The van der Waals surface area contributed by atoms with Crippen LogP contribution in [-0.2, 0) is 6.42 Å². The first-order valence-electron chi connectivity index (χ1n) is 5.55. The average Bonchev–Trinajstić information content (AvgIpc) is 2.27. The fourth-order valence-corrected chi connectivity index (χ4v) is 1.74. The Labute approximate surface area is 110 Å². The fraction of sp³-hybridized carbons (Fsp3) is 0.250. The molecule has 0 bridgehead atoms. The number of aromatic nitrogens is 3. The molecule has 0 radical (unpaired) electrons. The van der Waals surface area contributed by atoms with E-state index in [9.17, 15) is 0 Å². The number of hydrogen-bond acceptors (Lipinski definition) is 5. The lowest BCUT2D eigenvalue weighted by Crippen LogP contribution is -2.08. The summed E-state index contributed by atoms with van der Waals surface area (Å²) in [5.41, 5.74) is 6.71. The molecule has 0 spiro atoms. The van der Waals surface area contributed by atoms with E-state index in [1.807, 2.05) is 31.2 Å². The minimum absolute atomic E-state index is 0.247. The molecule has 0 fully saturated rings. The summed E-state index contributed by atoms with van der Waals surface area (Å²) in [5.74, 6) is 1.80. The Bertz CT molecular complexity index is 597. The molecule has 94 valence electrons. The lowest BCUT2D eigenvalue weighted by Gasteiger charge is -2.06. The molecule has 3 N–H and O–H groups in total. The summed E-state index contributed by atoms with van der Waals surface area (Å²) < 4.78 is 5.86. The van der Waals surface area contributed by atoms with Crippen LogP contribution in [0.2, 0.25) is 0 Å². The Morgan fingerprint density at radius 3 is 2.94 bits per heavy atom. The molecule has 1 aromatic heterocycles. The first-order valence-corrected chi connectivity index (χ1v) is 5.96. The summed E-state index contributed by atoms with van der Waals surface area (Å²) in [5, 5.41) is 0. The molecule has 0 amide bonds. The number of anilines is 1. The summed E-state index contributed by atoms with van der Waals surface area (Å²) in [4.78, 5) is 10.7. The minimum atomic E-state index is 0.247. The van der Waals surface area contributed by atoms with Crippen LogP contribution in [0.25, 0.3) is 0 Å². The standard InChI is InChI=1S/C12H14N4OS/c1-8-3-2-4-9(7-8)17-6-5-10-14-11(13)16-12(18)15-10/h2-4,7H,5-6H2,1H3,(H3,13,14,15,16,18). The first-order chi connectivity index (χ1) is 8.63. The minimum Gasteiger partial charge on any atom is -0.493 e. The highest BCUT2D eigenvalue weighted by Gasteiger charge is 1.99. The molecule has 18 heavy (non-hydrogen) atoms. The van der Waals surface area contributed by atoms with Gasteiger partial charge in [-0.15, -0.1) is 0 Å². The van der Waals surface area contributed by atoms with E-state index in [0.29, 0.717) is 18.9 Å². The monoisotopic (exact) mass is 262 g/mol. The molecule has 0 aliphatic rings. The van der Waals surface area contributed by atoms with Crippen molar-refractivity contribution in [2.75, 3.05) is 12.3 Å². The number of aromatic amines is 1. The highest BCUT2D eigenvalue weighted by Crippen LogP contribution is 2.12. The lowest BCUT2D eigenvalue weighted by molar-refractivity contribution is 0.318. The molecule has 0 aliphatic heterocycles. The van der Waals surface area contributed by atoms with Gasteiger partial charge in [0.05, 0.1) is 6.61 Å². The van der Waals surface area contributed by atoms with Crippen LogP contribution in [0.1, 0.15) is 11.4 Å². The van der Waals surface area contributed by atoms with Gasteiger partial charge >= 0.3 is 0 Å². The Hall–Kier alpha value is -1.95. The first kappa shape index (κ1) is 12.5. The molecule has 2 aromatic rings. The van der Waals surface area contributed by atoms with Crippen molar-refractivity contribution in [1.82, 2.24) is 15.0 Å². The Morgan fingerprint density at radius 2 is 2.22 bits per heavy atom. The number of nitrogens with zero attached hydrogens (tertiary/aromatic N) is 2. The van der Waals surface area contributed by atoms with Crippen LogP contribution in [0.3, 0.4) is 0 Å². The topological polar surface area (TPSA) is 76.8 Å². The van der Waals surface area contributed by atoms with E-state index in [1.165, 1.54) is 0 Å². The van der Waals surface area contributed by atoms with Gasteiger partial charge in [0.2, 0.25) is 10.7 Å². The fourth-order valence-electron chi connectivity index (χ4n) is 1.54. The molecule has 0 unspecified atom stereocenters. The molecular weight excluding hydrogens is 248 g/mol. The average molecular weight is 262 g/mol. The third-order valence-electron chi connectivity index (χ3n) is 2.32. The Balaban J connectivity index is 1.94. The van der Waals surface area contributed by atoms with Crippen molar-refractivity contribution >= 4 is 18.2 Å². The number of rotatable bonds is 4. The molecule has 2 rings (SSSR count). The number of nitrogen functional groups attached to an aromatic ring is 1. The van der Waals surface area contributed by atoms with E-state index >= 15 is 0 Å². The summed E-state index contributed by atoms with van der Waals surface area (Å²) >= 11 is 4.89. The predicted octanol–water partition coefficient (Wildman–Crippen LogP) is 2.05. The van der Waals surface area contributed by atoms with E-state index in [0.717, 1.165) is 11.3 Å². The molecule has 5 nitrogen and oxygen atoms in total. The number of aryl methyl sites for hydroxylation is 1. The highest BCUT2D eigenvalue weighted by atomic mass is 32.1. The third kappa shape index (κ3) is 3.53. The number of nitrogens with one attached hydrogen (secondary N) is 1. The van der Waals surface area contributed by atoms with Gasteiger partial charge in [-0.1, -0.05) is 12.1 Å². The van der Waals surface area contributed by atoms with Crippen molar-refractivity contribution in [3.8, 4) is 5.75 Å². The number of H-pyrrole nitrogens is 1. The van der Waals surface area contributed by atoms with Crippen molar-refractivity contribution < 1.29 is 4.74 Å². The van der Waals surface area contributed by atoms with E-state index in [-0.39, 0.29) is 10.7 Å². The zero-order valence-corrected chi connectivity index (χ0v) is 10.8. The summed E-state index contributed by atoms with van der Waals surface area (Å²) in [6.45, 7) is 2.53. The maximum absolute atomic E-state index is 5.62.